The van der Waals surface area contributed by atoms with Crippen LogP contribution in [0.25, 0.3) is 10.8 Å². The van der Waals surface area contributed by atoms with Crippen LogP contribution in [0.3, 0.4) is 0 Å². The van der Waals surface area contributed by atoms with Gasteiger partial charge >= 0.3 is 0 Å². The molecule has 3 heteroatoms. The number of hydrogen-bond donors (Lipinski definition) is 1. The van der Waals surface area contributed by atoms with Crippen molar-refractivity contribution in [2.75, 3.05) is 6.54 Å². The Morgan fingerprint density at radius 3 is 2.00 bits per heavy atom. The first-order chi connectivity index (χ1) is 14.6. The van der Waals surface area contributed by atoms with Crippen LogP contribution in [0.1, 0.15) is 84.9 Å². The zero-order valence-electron chi connectivity index (χ0n) is 19.1. The lowest BCUT2D eigenvalue weighted by atomic mass is 9.63. The average molecular weight is 414 g/mol. The number of carbonyl (C=O) groups excluding carboxylic acids is 2. The van der Waals surface area contributed by atoms with Crippen molar-refractivity contribution in [2.24, 2.45) is 0 Å². The summed E-state index contributed by atoms with van der Waals surface area (Å²) < 4.78 is 0. The minimum Gasteiger partial charge on any atom is -0.352 e. The van der Waals surface area contributed by atoms with Crippen LogP contribution in [0.15, 0.2) is 54.6 Å². The summed E-state index contributed by atoms with van der Waals surface area (Å²) in [6.07, 6.45) is 2.22. The number of fused-ring (bicyclic) bond motifs is 2. The molecule has 1 amide bonds. The maximum atomic E-state index is 13.7. The van der Waals surface area contributed by atoms with Gasteiger partial charge in [-0.1, -0.05) is 64.1 Å². The van der Waals surface area contributed by atoms with Gasteiger partial charge in [0.15, 0.2) is 5.78 Å². The zero-order valence-corrected chi connectivity index (χ0v) is 19.1. The van der Waals surface area contributed by atoms with E-state index in [9.17, 15) is 9.59 Å². The maximum absolute atomic E-state index is 13.7. The van der Waals surface area contributed by atoms with Crippen molar-refractivity contribution in [3.8, 4) is 0 Å². The van der Waals surface area contributed by atoms with Crippen molar-refractivity contribution < 1.29 is 9.59 Å². The summed E-state index contributed by atoms with van der Waals surface area (Å²) in [5, 5.41) is 4.77. The van der Waals surface area contributed by atoms with E-state index in [0.717, 1.165) is 23.6 Å². The van der Waals surface area contributed by atoms with Crippen LogP contribution in [0.4, 0.5) is 0 Å². The molecule has 0 fully saturated rings. The maximum Gasteiger partial charge on any atom is 0.252 e. The minimum atomic E-state index is -0.212. The van der Waals surface area contributed by atoms with Crippen LogP contribution < -0.4 is 5.32 Å². The lowest BCUT2D eigenvalue weighted by molar-refractivity contribution is 0.0944. The number of nitrogens with one attached hydrogen (secondary N) is 1. The molecule has 1 aliphatic carbocycles. The van der Waals surface area contributed by atoms with Gasteiger partial charge in [-0.25, -0.2) is 0 Å². The number of hydrogen-bond acceptors (Lipinski definition) is 2. The molecule has 1 N–H and O–H groups in total. The number of ketones is 1. The van der Waals surface area contributed by atoms with Crippen molar-refractivity contribution in [3.63, 3.8) is 0 Å². The van der Waals surface area contributed by atoms with Crippen LogP contribution in [0.5, 0.6) is 0 Å². The molecule has 0 heterocycles. The molecule has 0 bridgehead atoms. The third-order valence-corrected chi connectivity index (χ3v) is 6.83. The standard InChI is InChI=1S/C28H31NO2/c1-6-29-26(31)22-16-19-10-8-7-9-18(19)15-21(22)25(30)20-11-12-23-24(17-20)28(4,5)14-13-27(23,2)3/h7-12,15-17H,6,13-14H2,1-5H3,(H,29,31). The van der Waals surface area contributed by atoms with E-state index in [-0.39, 0.29) is 22.5 Å². The number of benzene rings is 3. The fourth-order valence-electron chi connectivity index (χ4n) is 4.76. The van der Waals surface area contributed by atoms with Gasteiger partial charge in [-0.2, -0.15) is 0 Å². The highest BCUT2D eigenvalue weighted by Gasteiger charge is 2.37. The first kappa shape index (κ1) is 21.3. The van der Waals surface area contributed by atoms with Crippen LogP contribution in [0.2, 0.25) is 0 Å². The van der Waals surface area contributed by atoms with Crippen LogP contribution in [-0.4, -0.2) is 18.2 Å². The summed E-state index contributed by atoms with van der Waals surface area (Å²) in [6, 6.07) is 17.6. The molecule has 3 nitrogen and oxygen atoms in total. The first-order valence-electron chi connectivity index (χ1n) is 11.1. The molecule has 0 radical (unpaired) electrons. The second-order valence-corrected chi connectivity index (χ2v) is 9.96. The van der Waals surface area contributed by atoms with Crippen molar-refractivity contribution in [1.82, 2.24) is 5.32 Å². The predicted octanol–water partition coefficient (Wildman–Crippen LogP) is 6.17. The monoisotopic (exact) mass is 413 g/mol. The Morgan fingerprint density at radius 2 is 1.39 bits per heavy atom. The van der Waals surface area contributed by atoms with Crippen LogP contribution in [-0.2, 0) is 10.8 Å². The van der Waals surface area contributed by atoms with E-state index in [4.69, 9.17) is 0 Å². The average Bonchev–Trinajstić information content (AvgIpc) is 2.75. The van der Waals surface area contributed by atoms with Gasteiger partial charge in [0.1, 0.15) is 0 Å². The van der Waals surface area contributed by atoms with Gasteiger partial charge in [0.2, 0.25) is 0 Å². The first-order valence-corrected chi connectivity index (χ1v) is 11.1. The van der Waals surface area contributed by atoms with Crippen molar-refractivity contribution >= 4 is 22.5 Å². The van der Waals surface area contributed by atoms with E-state index in [0.29, 0.717) is 23.2 Å². The molecule has 160 valence electrons. The Hall–Kier alpha value is -2.94. The van der Waals surface area contributed by atoms with Gasteiger partial charge in [-0.05, 0) is 70.7 Å². The predicted molar refractivity (Wildman–Crippen MR) is 127 cm³/mol. The molecule has 0 saturated heterocycles. The smallest absolute Gasteiger partial charge is 0.252 e. The van der Waals surface area contributed by atoms with Gasteiger partial charge in [-0.3, -0.25) is 9.59 Å². The van der Waals surface area contributed by atoms with E-state index in [1.807, 2.05) is 49.4 Å². The van der Waals surface area contributed by atoms with E-state index in [1.165, 1.54) is 11.1 Å². The molecule has 0 atom stereocenters. The Balaban J connectivity index is 1.87. The largest absolute Gasteiger partial charge is 0.352 e. The quantitative estimate of drug-likeness (QED) is 0.520. The summed E-state index contributed by atoms with van der Waals surface area (Å²) >= 11 is 0. The van der Waals surface area contributed by atoms with Crippen LogP contribution in [0, 0.1) is 0 Å². The van der Waals surface area contributed by atoms with E-state index < -0.39 is 0 Å². The summed E-state index contributed by atoms with van der Waals surface area (Å²) in [5.41, 5.74) is 4.22. The highest BCUT2D eigenvalue weighted by molar-refractivity contribution is 6.17. The lowest BCUT2D eigenvalue weighted by Gasteiger charge is -2.42. The van der Waals surface area contributed by atoms with Gasteiger partial charge in [0.05, 0.1) is 5.56 Å². The highest BCUT2D eigenvalue weighted by Crippen LogP contribution is 2.46. The summed E-state index contributed by atoms with van der Waals surface area (Å²) in [4.78, 5) is 26.5. The van der Waals surface area contributed by atoms with Crippen molar-refractivity contribution in [3.05, 3.63) is 82.4 Å². The number of amides is 1. The number of carbonyl (C=O) groups is 2. The van der Waals surface area contributed by atoms with Crippen LogP contribution >= 0.6 is 0 Å². The lowest BCUT2D eigenvalue weighted by Crippen LogP contribution is -2.34. The second kappa shape index (κ2) is 7.64. The second-order valence-electron chi connectivity index (χ2n) is 9.96. The van der Waals surface area contributed by atoms with Gasteiger partial charge < -0.3 is 5.32 Å². The molecule has 0 saturated carbocycles. The van der Waals surface area contributed by atoms with Gasteiger partial charge in [-0.15, -0.1) is 0 Å². The molecule has 0 unspecified atom stereocenters. The summed E-state index contributed by atoms with van der Waals surface area (Å²) in [6.45, 7) is 11.5. The van der Waals surface area contributed by atoms with E-state index in [2.05, 4.69) is 45.1 Å². The molecule has 3 aromatic rings. The molecule has 3 aromatic carbocycles. The molecular formula is C28H31NO2. The highest BCUT2D eigenvalue weighted by atomic mass is 16.2. The van der Waals surface area contributed by atoms with Crippen molar-refractivity contribution in [2.45, 2.75) is 58.3 Å². The molecule has 0 spiro atoms. The molecule has 1 aliphatic rings. The Kier molecular flexibility index (Phi) is 5.25. The molecule has 0 aliphatic heterocycles. The SMILES string of the molecule is CCNC(=O)c1cc2ccccc2cc1C(=O)c1ccc2c(c1)C(C)(C)CCC2(C)C. The minimum absolute atomic E-state index is 0.0208. The molecule has 31 heavy (non-hydrogen) atoms. The molecular weight excluding hydrogens is 382 g/mol. The van der Waals surface area contributed by atoms with E-state index in [1.54, 1.807) is 0 Å². The summed E-state index contributed by atoms with van der Waals surface area (Å²) in [7, 11) is 0. The Morgan fingerprint density at radius 1 is 0.806 bits per heavy atom. The summed E-state index contributed by atoms with van der Waals surface area (Å²) in [5.74, 6) is -0.315. The van der Waals surface area contributed by atoms with Gasteiger partial charge in [0, 0.05) is 17.7 Å². The third kappa shape index (κ3) is 3.78. The third-order valence-electron chi connectivity index (χ3n) is 6.83. The molecule has 4 rings (SSSR count). The normalized spacial score (nSPS) is 16.5. The van der Waals surface area contributed by atoms with Crippen molar-refractivity contribution in [1.29, 1.82) is 0 Å². The van der Waals surface area contributed by atoms with E-state index >= 15 is 0 Å². The topological polar surface area (TPSA) is 46.2 Å². The molecule has 0 aromatic heterocycles. The zero-order chi connectivity index (χ0) is 22.4. The fourth-order valence-corrected chi connectivity index (χ4v) is 4.76. The Bertz CT molecular complexity index is 1190. The number of rotatable bonds is 4. The Labute approximate surface area is 184 Å². The fraction of sp³-hybridized carbons (Fsp3) is 0.357. The van der Waals surface area contributed by atoms with Gasteiger partial charge in [0.25, 0.3) is 5.91 Å².